The lowest BCUT2D eigenvalue weighted by Crippen LogP contribution is -2.44. The first-order valence-electron chi connectivity index (χ1n) is 7.06. The molecule has 1 aliphatic rings. The average molecular weight is 300 g/mol. The number of alkyl halides is 3. The Balaban J connectivity index is 2.34. The first-order chi connectivity index (χ1) is 9.78. The number of rotatable bonds is 3. The van der Waals surface area contributed by atoms with Crippen LogP contribution in [0, 0.1) is 5.92 Å². The van der Waals surface area contributed by atoms with Gasteiger partial charge < -0.3 is 4.74 Å². The van der Waals surface area contributed by atoms with Crippen molar-refractivity contribution in [2.75, 3.05) is 7.11 Å². The molecule has 1 fully saturated rings. The molecule has 2 rings (SSSR count). The zero-order valence-corrected chi connectivity index (χ0v) is 12.2. The van der Waals surface area contributed by atoms with Crippen LogP contribution in [0.2, 0.25) is 0 Å². The van der Waals surface area contributed by atoms with Crippen LogP contribution in [0.3, 0.4) is 0 Å². The second-order valence-electron chi connectivity index (χ2n) is 5.81. The van der Waals surface area contributed by atoms with Crippen molar-refractivity contribution in [2.24, 2.45) is 5.92 Å². The maximum absolute atomic E-state index is 12.8. The van der Waals surface area contributed by atoms with E-state index in [4.69, 9.17) is 4.74 Å². The molecule has 0 saturated heterocycles. The largest absolute Gasteiger partial charge is 0.416 e. The number of carbonyl (C=O) groups is 1. The second kappa shape index (κ2) is 5.79. The van der Waals surface area contributed by atoms with Gasteiger partial charge in [0, 0.05) is 12.7 Å². The monoisotopic (exact) mass is 300 g/mol. The summed E-state index contributed by atoms with van der Waals surface area (Å²) in [6.07, 6.45) is -1.47. The quantitative estimate of drug-likeness (QED) is 0.769. The molecule has 1 saturated carbocycles. The number of ether oxygens (including phenoxy) is 1. The number of methoxy groups -OCH3 is 1. The first-order valence-corrected chi connectivity index (χ1v) is 7.06. The minimum absolute atomic E-state index is 0.0702. The smallest absolute Gasteiger partial charge is 0.370 e. The fraction of sp³-hybridized carbons (Fsp3) is 0.562. The topological polar surface area (TPSA) is 26.3 Å². The average Bonchev–Trinajstić information content (AvgIpc) is 2.45. The Morgan fingerprint density at radius 2 is 2.10 bits per heavy atom. The molecule has 5 heteroatoms. The fourth-order valence-electron chi connectivity index (χ4n) is 3.09. The highest BCUT2D eigenvalue weighted by molar-refractivity contribution is 6.02. The molecule has 1 aliphatic carbocycles. The number of Topliss-reactive ketones (excluding diaryl/α,β-unsaturated/α-hetero) is 1. The highest BCUT2D eigenvalue weighted by atomic mass is 19.4. The van der Waals surface area contributed by atoms with Gasteiger partial charge in [-0.15, -0.1) is 0 Å². The summed E-state index contributed by atoms with van der Waals surface area (Å²) in [5, 5.41) is 0. The molecule has 0 spiro atoms. The van der Waals surface area contributed by atoms with Crippen LogP contribution >= 0.6 is 0 Å². The number of ketones is 1. The lowest BCUT2D eigenvalue weighted by Gasteiger charge is -2.37. The Kier molecular flexibility index (Phi) is 4.42. The molecule has 2 atom stereocenters. The van der Waals surface area contributed by atoms with Crippen molar-refractivity contribution in [1.29, 1.82) is 0 Å². The lowest BCUT2D eigenvalue weighted by molar-refractivity contribution is -0.137. The summed E-state index contributed by atoms with van der Waals surface area (Å²) < 4.78 is 43.8. The van der Waals surface area contributed by atoms with Gasteiger partial charge in [0.25, 0.3) is 0 Å². The van der Waals surface area contributed by atoms with Crippen LogP contribution in [0.4, 0.5) is 13.2 Å². The molecule has 0 aliphatic heterocycles. The molecular weight excluding hydrogens is 281 g/mol. The summed E-state index contributed by atoms with van der Waals surface area (Å²) in [7, 11) is 1.46. The van der Waals surface area contributed by atoms with E-state index in [1.807, 2.05) is 6.92 Å². The van der Waals surface area contributed by atoms with Gasteiger partial charge in [-0.1, -0.05) is 25.5 Å². The van der Waals surface area contributed by atoms with Crippen LogP contribution in [0.15, 0.2) is 24.3 Å². The molecule has 0 amide bonds. The minimum atomic E-state index is -4.45. The maximum atomic E-state index is 12.8. The van der Waals surface area contributed by atoms with Crippen molar-refractivity contribution in [3.63, 3.8) is 0 Å². The molecule has 0 bridgehead atoms. The van der Waals surface area contributed by atoms with Crippen molar-refractivity contribution < 1.29 is 22.7 Å². The van der Waals surface area contributed by atoms with Crippen molar-refractivity contribution in [3.8, 4) is 0 Å². The van der Waals surface area contributed by atoms with E-state index in [0.717, 1.165) is 25.0 Å². The summed E-state index contributed by atoms with van der Waals surface area (Å²) in [5.74, 6) is -0.0175. The lowest BCUT2D eigenvalue weighted by atomic mass is 9.74. The van der Waals surface area contributed by atoms with Gasteiger partial charge >= 0.3 is 6.18 Å². The van der Waals surface area contributed by atoms with E-state index in [1.165, 1.54) is 19.2 Å². The van der Waals surface area contributed by atoms with E-state index in [0.29, 0.717) is 18.8 Å². The number of hydrogen-bond donors (Lipinski definition) is 0. The molecule has 0 heterocycles. The van der Waals surface area contributed by atoms with Crippen molar-refractivity contribution in [3.05, 3.63) is 35.4 Å². The Morgan fingerprint density at radius 3 is 2.67 bits per heavy atom. The summed E-state index contributed by atoms with van der Waals surface area (Å²) >= 11 is 0. The van der Waals surface area contributed by atoms with Crippen LogP contribution in [-0.4, -0.2) is 18.5 Å². The molecule has 116 valence electrons. The van der Waals surface area contributed by atoms with Gasteiger partial charge in [-0.3, -0.25) is 4.79 Å². The minimum Gasteiger partial charge on any atom is -0.370 e. The van der Waals surface area contributed by atoms with Crippen LogP contribution in [0.1, 0.15) is 48.5 Å². The number of halogens is 3. The van der Waals surface area contributed by atoms with E-state index in [-0.39, 0.29) is 11.3 Å². The normalized spacial score (nSPS) is 26.6. The van der Waals surface area contributed by atoms with Crippen LogP contribution in [-0.2, 0) is 10.9 Å². The van der Waals surface area contributed by atoms with Gasteiger partial charge in [0.05, 0.1) is 5.56 Å². The Labute approximate surface area is 122 Å². The summed E-state index contributed by atoms with van der Waals surface area (Å²) in [6.45, 7) is 2.03. The maximum Gasteiger partial charge on any atom is 0.416 e. The third kappa shape index (κ3) is 3.28. The number of benzene rings is 1. The molecule has 0 radical (unpaired) electrons. The van der Waals surface area contributed by atoms with Crippen molar-refractivity contribution in [1.82, 2.24) is 0 Å². The molecule has 2 nitrogen and oxygen atoms in total. The Morgan fingerprint density at radius 1 is 1.38 bits per heavy atom. The second-order valence-corrected chi connectivity index (χ2v) is 5.81. The number of carbonyl (C=O) groups excluding carboxylic acids is 1. The Bertz CT molecular complexity index is 524. The third-order valence-corrected chi connectivity index (χ3v) is 4.21. The molecule has 1 aromatic carbocycles. The van der Waals surface area contributed by atoms with Crippen LogP contribution in [0.5, 0.6) is 0 Å². The summed E-state index contributed by atoms with van der Waals surface area (Å²) in [5.41, 5.74) is -1.72. The van der Waals surface area contributed by atoms with Crippen molar-refractivity contribution in [2.45, 2.75) is 44.4 Å². The van der Waals surface area contributed by atoms with E-state index < -0.39 is 17.3 Å². The molecule has 0 N–H and O–H groups in total. The molecule has 0 aromatic heterocycles. The van der Waals surface area contributed by atoms with Gasteiger partial charge in [-0.25, -0.2) is 0 Å². The van der Waals surface area contributed by atoms with Crippen molar-refractivity contribution >= 4 is 5.78 Å². The highest BCUT2D eigenvalue weighted by Gasteiger charge is 2.42. The molecular formula is C16H19F3O2. The Hall–Kier alpha value is -1.36. The predicted octanol–water partition coefficient (Wildman–Crippen LogP) is 4.48. The standard InChI is InChI=1S/C16H19F3O2/c1-11-5-4-8-15(10-11,21-2)14(20)12-6-3-7-13(9-12)16(17,18)19/h3,6-7,9,11H,4-5,8,10H2,1-2H3. The van der Waals surface area contributed by atoms with Gasteiger partial charge in [0.2, 0.25) is 0 Å². The van der Waals surface area contributed by atoms with Gasteiger partial charge in [-0.2, -0.15) is 13.2 Å². The van der Waals surface area contributed by atoms with Crippen LogP contribution < -0.4 is 0 Å². The molecule has 2 unspecified atom stereocenters. The summed E-state index contributed by atoms with van der Waals surface area (Å²) in [6, 6.07) is 4.59. The predicted molar refractivity (Wildman–Crippen MR) is 73.1 cm³/mol. The number of hydrogen-bond acceptors (Lipinski definition) is 2. The fourth-order valence-corrected chi connectivity index (χ4v) is 3.09. The highest BCUT2D eigenvalue weighted by Crippen LogP contribution is 2.38. The van der Waals surface area contributed by atoms with Gasteiger partial charge in [0.15, 0.2) is 5.78 Å². The van der Waals surface area contributed by atoms with Gasteiger partial charge in [-0.05, 0) is 37.3 Å². The third-order valence-electron chi connectivity index (χ3n) is 4.21. The van der Waals surface area contributed by atoms with E-state index in [1.54, 1.807) is 0 Å². The first kappa shape index (κ1) is 16.0. The summed E-state index contributed by atoms with van der Waals surface area (Å²) in [4.78, 5) is 12.7. The SMILES string of the molecule is COC1(C(=O)c2cccc(C(F)(F)F)c2)CCCC(C)C1. The van der Waals surface area contributed by atoms with E-state index in [9.17, 15) is 18.0 Å². The van der Waals surface area contributed by atoms with E-state index >= 15 is 0 Å². The zero-order valence-electron chi connectivity index (χ0n) is 12.2. The molecule has 21 heavy (non-hydrogen) atoms. The molecule has 1 aromatic rings. The zero-order chi connectivity index (χ0) is 15.7. The van der Waals surface area contributed by atoms with Gasteiger partial charge in [0.1, 0.15) is 5.60 Å². The van der Waals surface area contributed by atoms with Crippen LogP contribution in [0.25, 0.3) is 0 Å². The van der Waals surface area contributed by atoms with E-state index in [2.05, 4.69) is 0 Å².